The molecule has 0 fully saturated rings. The minimum atomic E-state index is -0.646. The third kappa shape index (κ3) is 5.67. The second-order valence-electron chi connectivity index (χ2n) is 7.68. The molecule has 0 amide bonds. The Hall–Kier alpha value is -4.17. The first kappa shape index (κ1) is 24.0. The summed E-state index contributed by atoms with van der Waals surface area (Å²) in [7, 11) is 0. The van der Waals surface area contributed by atoms with Crippen molar-refractivity contribution in [3.05, 3.63) is 104 Å². The molecule has 1 aliphatic rings. The maximum Gasteiger partial charge on any atom is 0.363 e. The molecular formula is C26H21ClN2O6. The molecule has 0 bridgehead atoms. The van der Waals surface area contributed by atoms with Gasteiger partial charge in [0.1, 0.15) is 6.61 Å². The summed E-state index contributed by atoms with van der Waals surface area (Å²) in [5, 5.41) is 11.2. The van der Waals surface area contributed by atoms with E-state index in [-0.39, 0.29) is 17.3 Å². The number of carbonyl (C=O) groups excluding carboxylic acids is 1. The Labute approximate surface area is 206 Å². The van der Waals surface area contributed by atoms with Crippen molar-refractivity contribution in [3.8, 4) is 11.5 Å². The molecule has 0 N–H and O–H groups in total. The average Bonchev–Trinajstić information content (AvgIpc) is 3.20. The monoisotopic (exact) mass is 492 g/mol. The van der Waals surface area contributed by atoms with Gasteiger partial charge in [0.05, 0.1) is 16.6 Å². The van der Waals surface area contributed by atoms with Gasteiger partial charge in [-0.2, -0.15) is 0 Å². The SMILES string of the molecule is CCOc1cc(/C=C2\N=C(c3ccc([N+](=O)[O-])cc3)OC2=O)cc(Cl)c1OCc1ccc(C)cc1. The average molecular weight is 493 g/mol. The summed E-state index contributed by atoms with van der Waals surface area (Å²) in [6, 6.07) is 16.9. The van der Waals surface area contributed by atoms with Crippen molar-refractivity contribution in [1.29, 1.82) is 0 Å². The molecule has 3 aromatic carbocycles. The molecule has 0 radical (unpaired) electrons. The summed E-state index contributed by atoms with van der Waals surface area (Å²) >= 11 is 6.51. The Morgan fingerprint density at radius 1 is 1.09 bits per heavy atom. The number of nitro benzene ring substituents is 1. The van der Waals surface area contributed by atoms with Crippen molar-refractivity contribution in [2.24, 2.45) is 4.99 Å². The molecule has 3 aromatic rings. The molecule has 0 saturated carbocycles. The number of esters is 1. The predicted molar refractivity (Wildman–Crippen MR) is 132 cm³/mol. The molecule has 4 rings (SSSR count). The van der Waals surface area contributed by atoms with Gasteiger partial charge in [0.2, 0.25) is 5.90 Å². The lowest BCUT2D eigenvalue weighted by Gasteiger charge is -2.14. The summed E-state index contributed by atoms with van der Waals surface area (Å²) in [5.41, 5.74) is 3.15. The Balaban J connectivity index is 1.59. The second kappa shape index (κ2) is 10.4. The molecule has 0 aliphatic carbocycles. The quantitative estimate of drug-likeness (QED) is 0.168. The van der Waals surface area contributed by atoms with Gasteiger partial charge >= 0.3 is 5.97 Å². The number of benzene rings is 3. The molecule has 0 spiro atoms. The van der Waals surface area contributed by atoms with E-state index < -0.39 is 10.9 Å². The Kier molecular flexibility index (Phi) is 7.12. The summed E-state index contributed by atoms with van der Waals surface area (Å²) in [6.45, 7) is 4.57. The van der Waals surface area contributed by atoms with Gasteiger partial charge in [-0.1, -0.05) is 41.4 Å². The molecule has 9 heteroatoms. The highest BCUT2D eigenvalue weighted by molar-refractivity contribution is 6.32. The lowest BCUT2D eigenvalue weighted by atomic mass is 10.1. The van der Waals surface area contributed by atoms with Gasteiger partial charge in [-0.15, -0.1) is 0 Å². The van der Waals surface area contributed by atoms with Crippen molar-refractivity contribution in [2.75, 3.05) is 6.61 Å². The van der Waals surface area contributed by atoms with Crippen LogP contribution in [-0.4, -0.2) is 23.4 Å². The smallest absolute Gasteiger partial charge is 0.363 e. The van der Waals surface area contributed by atoms with Crippen LogP contribution in [0.25, 0.3) is 6.08 Å². The zero-order valence-electron chi connectivity index (χ0n) is 19.0. The first-order chi connectivity index (χ1) is 16.8. The van der Waals surface area contributed by atoms with E-state index in [9.17, 15) is 14.9 Å². The molecule has 178 valence electrons. The third-order valence-corrected chi connectivity index (χ3v) is 5.37. The number of non-ortho nitro benzene ring substituents is 1. The van der Waals surface area contributed by atoms with Crippen LogP contribution in [0.3, 0.4) is 0 Å². The molecule has 0 aromatic heterocycles. The number of nitrogens with zero attached hydrogens (tertiary/aromatic N) is 2. The van der Waals surface area contributed by atoms with Crippen LogP contribution >= 0.6 is 11.6 Å². The minimum absolute atomic E-state index is 0.0604. The fraction of sp³-hybridized carbons (Fsp3) is 0.154. The number of aliphatic imine (C=N–C) groups is 1. The standard InChI is InChI=1S/C26H21ClN2O6/c1-3-33-23-14-18(12-21(27)24(23)34-15-17-6-4-16(2)5-7-17)13-22-26(30)35-25(28-22)19-8-10-20(11-9-19)29(31)32/h4-14H,3,15H2,1-2H3/b22-13-. The van der Waals surface area contributed by atoms with Crippen LogP contribution in [0.2, 0.25) is 5.02 Å². The van der Waals surface area contributed by atoms with E-state index in [0.29, 0.717) is 40.9 Å². The lowest BCUT2D eigenvalue weighted by Crippen LogP contribution is -2.05. The van der Waals surface area contributed by atoms with Crippen molar-refractivity contribution < 1.29 is 23.9 Å². The van der Waals surface area contributed by atoms with Crippen LogP contribution < -0.4 is 9.47 Å². The number of rotatable bonds is 8. The number of aryl methyl sites for hydroxylation is 1. The normalized spacial score (nSPS) is 14.0. The van der Waals surface area contributed by atoms with E-state index in [1.54, 1.807) is 12.1 Å². The molecule has 1 aliphatic heterocycles. The van der Waals surface area contributed by atoms with E-state index in [1.807, 2.05) is 38.1 Å². The van der Waals surface area contributed by atoms with Gasteiger partial charge in [0, 0.05) is 17.7 Å². The highest BCUT2D eigenvalue weighted by Gasteiger charge is 2.25. The van der Waals surface area contributed by atoms with Gasteiger partial charge in [-0.05, 0) is 55.3 Å². The highest BCUT2D eigenvalue weighted by Crippen LogP contribution is 2.38. The number of nitro groups is 1. The minimum Gasteiger partial charge on any atom is -0.490 e. The summed E-state index contributed by atoms with van der Waals surface area (Å²) in [4.78, 5) is 27.0. The fourth-order valence-corrected chi connectivity index (χ4v) is 3.60. The van der Waals surface area contributed by atoms with E-state index in [1.165, 1.54) is 30.3 Å². The fourth-order valence-electron chi connectivity index (χ4n) is 3.33. The van der Waals surface area contributed by atoms with E-state index >= 15 is 0 Å². The Morgan fingerprint density at radius 3 is 2.46 bits per heavy atom. The van der Waals surface area contributed by atoms with E-state index in [4.69, 9.17) is 25.8 Å². The molecule has 1 heterocycles. The van der Waals surface area contributed by atoms with Crippen LogP contribution in [0.4, 0.5) is 5.69 Å². The first-order valence-corrected chi connectivity index (χ1v) is 11.1. The topological polar surface area (TPSA) is 100 Å². The molecule has 35 heavy (non-hydrogen) atoms. The zero-order chi connectivity index (χ0) is 24.9. The van der Waals surface area contributed by atoms with Crippen LogP contribution in [0, 0.1) is 17.0 Å². The van der Waals surface area contributed by atoms with E-state index in [0.717, 1.165) is 11.1 Å². The van der Waals surface area contributed by atoms with Gasteiger partial charge in [-0.3, -0.25) is 10.1 Å². The number of hydrogen-bond acceptors (Lipinski definition) is 7. The van der Waals surface area contributed by atoms with Crippen LogP contribution in [-0.2, 0) is 16.1 Å². The zero-order valence-corrected chi connectivity index (χ0v) is 19.7. The molecule has 0 unspecified atom stereocenters. The molecule has 0 atom stereocenters. The largest absolute Gasteiger partial charge is 0.490 e. The van der Waals surface area contributed by atoms with E-state index in [2.05, 4.69) is 4.99 Å². The van der Waals surface area contributed by atoms with Gasteiger partial charge in [0.15, 0.2) is 17.2 Å². The van der Waals surface area contributed by atoms with Gasteiger partial charge in [0.25, 0.3) is 5.69 Å². The van der Waals surface area contributed by atoms with Gasteiger partial charge < -0.3 is 14.2 Å². The first-order valence-electron chi connectivity index (χ1n) is 10.8. The third-order valence-electron chi connectivity index (χ3n) is 5.08. The summed E-state index contributed by atoms with van der Waals surface area (Å²) in [5.74, 6) is 0.252. The number of carbonyl (C=O) groups is 1. The Bertz CT molecular complexity index is 1330. The maximum atomic E-state index is 12.4. The number of hydrogen-bond donors (Lipinski definition) is 0. The van der Waals surface area contributed by atoms with Crippen molar-refractivity contribution in [3.63, 3.8) is 0 Å². The predicted octanol–water partition coefficient (Wildman–Crippen LogP) is 5.88. The highest BCUT2D eigenvalue weighted by atomic mass is 35.5. The van der Waals surface area contributed by atoms with Crippen molar-refractivity contribution >= 4 is 35.2 Å². The van der Waals surface area contributed by atoms with Crippen LogP contribution in [0.15, 0.2) is 71.4 Å². The van der Waals surface area contributed by atoms with Crippen molar-refractivity contribution in [2.45, 2.75) is 20.5 Å². The Morgan fingerprint density at radius 2 is 1.80 bits per heavy atom. The number of halogens is 1. The molecule has 0 saturated heterocycles. The summed E-state index contributed by atoms with van der Waals surface area (Å²) < 4.78 is 16.9. The van der Waals surface area contributed by atoms with Gasteiger partial charge in [-0.25, -0.2) is 9.79 Å². The second-order valence-corrected chi connectivity index (χ2v) is 8.08. The number of ether oxygens (including phenoxy) is 3. The van der Waals surface area contributed by atoms with Crippen molar-refractivity contribution in [1.82, 2.24) is 0 Å². The maximum absolute atomic E-state index is 12.4. The van der Waals surface area contributed by atoms with Crippen LogP contribution in [0.1, 0.15) is 29.2 Å². The molecule has 8 nitrogen and oxygen atoms in total. The lowest BCUT2D eigenvalue weighted by molar-refractivity contribution is -0.384. The number of cyclic esters (lactones) is 1. The van der Waals surface area contributed by atoms with Crippen LogP contribution in [0.5, 0.6) is 11.5 Å². The molecular weight excluding hydrogens is 472 g/mol. The summed E-state index contributed by atoms with van der Waals surface area (Å²) in [6.07, 6.45) is 1.53.